The Balaban J connectivity index is 2.69. The number of aliphatic hydroxyl groups is 5. The van der Waals surface area contributed by atoms with Crippen LogP contribution in [0.2, 0.25) is 0 Å². The Bertz CT molecular complexity index is 645. The van der Waals surface area contributed by atoms with Crippen LogP contribution in [-0.4, -0.2) is 118 Å². The summed E-state index contributed by atoms with van der Waals surface area (Å²) in [5.74, 6) is -1.35. The summed E-state index contributed by atoms with van der Waals surface area (Å²) in [5.41, 5.74) is 0. The van der Waals surface area contributed by atoms with E-state index < -0.39 is 89.1 Å². The third kappa shape index (κ3) is 10.1. The molecular weight excluding hydrogens is 463 g/mol. The topological polar surface area (TPSA) is 228 Å². The van der Waals surface area contributed by atoms with Crippen LogP contribution in [0.4, 0.5) is 0 Å². The van der Waals surface area contributed by atoms with Crippen molar-refractivity contribution in [2.24, 2.45) is 0 Å². The molecule has 0 aromatic heterocycles. The minimum Gasteiger partial charge on any atom is -0.462 e. The van der Waals surface area contributed by atoms with Gasteiger partial charge in [-0.05, 0) is 0 Å². The van der Waals surface area contributed by atoms with E-state index in [-0.39, 0.29) is 6.61 Å². The highest BCUT2D eigenvalue weighted by Crippen LogP contribution is 2.43. The lowest BCUT2D eigenvalue weighted by Gasteiger charge is -2.40. The maximum absolute atomic E-state index is 11.8. The molecule has 1 aliphatic rings. The average Bonchev–Trinajstić information content (AvgIpc) is 2.72. The molecule has 1 aliphatic heterocycles. The molecule has 0 spiro atoms. The van der Waals surface area contributed by atoms with E-state index in [0.29, 0.717) is 0 Å². The summed E-state index contributed by atoms with van der Waals surface area (Å²) in [6.07, 6.45) is -10.9. The first-order chi connectivity index (χ1) is 14.9. The lowest BCUT2D eigenvalue weighted by atomic mass is 9.99. The van der Waals surface area contributed by atoms with Crippen LogP contribution in [0.15, 0.2) is 0 Å². The number of phosphoric ester groups is 1. The van der Waals surface area contributed by atoms with Crippen molar-refractivity contribution in [3.8, 4) is 0 Å². The molecule has 0 bridgehead atoms. The summed E-state index contributed by atoms with van der Waals surface area (Å²) in [6.45, 7) is -0.795. The summed E-state index contributed by atoms with van der Waals surface area (Å²) < 4.78 is 41.1. The van der Waals surface area contributed by atoms with Gasteiger partial charge in [0.25, 0.3) is 0 Å². The van der Waals surface area contributed by atoms with E-state index >= 15 is 0 Å². The van der Waals surface area contributed by atoms with Crippen LogP contribution in [0.1, 0.15) is 13.8 Å². The zero-order chi connectivity index (χ0) is 24.5. The summed E-state index contributed by atoms with van der Waals surface area (Å²) in [4.78, 5) is 31.7. The highest BCUT2D eigenvalue weighted by atomic mass is 31.2. The number of hydrogen-bond acceptors (Lipinski definition) is 14. The predicted octanol–water partition coefficient (Wildman–Crippen LogP) is -3.21. The van der Waals surface area contributed by atoms with Crippen LogP contribution < -0.4 is 0 Å². The molecule has 188 valence electrons. The second-order valence-electron chi connectivity index (χ2n) is 6.78. The number of ether oxygens (including phenoxy) is 4. The van der Waals surface area contributed by atoms with Crippen molar-refractivity contribution < 1.29 is 72.6 Å². The highest BCUT2D eigenvalue weighted by Gasteiger charge is 2.45. The molecule has 0 saturated carbocycles. The number of phosphoric acid groups is 1. The van der Waals surface area contributed by atoms with E-state index in [9.17, 15) is 34.4 Å². The Labute approximate surface area is 183 Å². The Kier molecular flexibility index (Phi) is 12.1. The van der Waals surface area contributed by atoms with Gasteiger partial charge in [-0.3, -0.25) is 18.6 Å². The third-order valence-corrected chi connectivity index (χ3v) is 4.91. The number of carbonyl (C=O) groups excluding carboxylic acids is 2. The van der Waals surface area contributed by atoms with Crippen LogP contribution in [0, 0.1) is 0 Å². The quantitative estimate of drug-likeness (QED) is 0.110. The molecule has 0 aromatic carbocycles. The van der Waals surface area contributed by atoms with E-state index in [1.165, 1.54) is 0 Å². The van der Waals surface area contributed by atoms with Crippen molar-refractivity contribution in [2.75, 3.05) is 33.0 Å². The lowest BCUT2D eigenvalue weighted by Crippen LogP contribution is -2.59. The number of esters is 2. The van der Waals surface area contributed by atoms with Crippen LogP contribution in [0.3, 0.4) is 0 Å². The Hall–Kier alpha value is -1.23. The van der Waals surface area contributed by atoms with Crippen molar-refractivity contribution >= 4 is 19.8 Å². The fourth-order valence-corrected chi connectivity index (χ4v) is 3.16. The lowest BCUT2D eigenvalue weighted by molar-refractivity contribution is -0.304. The molecule has 0 aliphatic carbocycles. The molecule has 8 unspecified atom stereocenters. The van der Waals surface area contributed by atoms with Gasteiger partial charge < -0.3 is 49.4 Å². The van der Waals surface area contributed by atoms with Gasteiger partial charge in [0.05, 0.1) is 26.4 Å². The van der Waals surface area contributed by atoms with Crippen LogP contribution >= 0.6 is 7.82 Å². The summed E-state index contributed by atoms with van der Waals surface area (Å²) in [7, 11) is -4.73. The molecule has 32 heavy (non-hydrogen) atoms. The molecule has 1 saturated heterocycles. The van der Waals surface area contributed by atoms with Crippen molar-refractivity contribution in [1.29, 1.82) is 0 Å². The Morgan fingerprint density at radius 3 is 2.22 bits per heavy atom. The number of carbonyl (C=O) groups is 2. The van der Waals surface area contributed by atoms with E-state index in [1.807, 2.05) is 0 Å². The fraction of sp³-hybridized carbons (Fsp3) is 0.875. The molecule has 16 heteroatoms. The molecule has 0 radical (unpaired) electrons. The SMILES string of the molecule is CC(=O)OCC(COC1OC(COP(=O)(O)OCC(O)CO)C(O)C(O)C1O)OC(C)=O. The molecule has 1 heterocycles. The van der Waals surface area contributed by atoms with Gasteiger partial charge in [-0.25, -0.2) is 4.57 Å². The smallest absolute Gasteiger partial charge is 0.462 e. The van der Waals surface area contributed by atoms with Crippen molar-refractivity contribution in [3.63, 3.8) is 0 Å². The summed E-state index contributed by atoms with van der Waals surface area (Å²) >= 11 is 0. The zero-order valence-electron chi connectivity index (χ0n) is 17.4. The molecular formula is C16H29O15P. The summed E-state index contributed by atoms with van der Waals surface area (Å²) in [6, 6.07) is 0. The maximum atomic E-state index is 11.8. The van der Waals surface area contributed by atoms with Crippen molar-refractivity contribution in [3.05, 3.63) is 0 Å². The van der Waals surface area contributed by atoms with Gasteiger partial charge in [0, 0.05) is 13.8 Å². The fourth-order valence-electron chi connectivity index (χ4n) is 2.39. The van der Waals surface area contributed by atoms with E-state index in [2.05, 4.69) is 9.05 Å². The van der Waals surface area contributed by atoms with Crippen molar-refractivity contribution in [2.45, 2.75) is 56.8 Å². The normalized spacial score (nSPS) is 29.6. The summed E-state index contributed by atoms with van der Waals surface area (Å²) in [5, 5.41) is 47.9. The number of hydrogen-bond donors (Lipinski definition) is 6. The van der Waals surface area contributed by atoms with Crippen molar-refractivity contribution in [1.82, 2.24) is 0 Å². The third-order valence-electron chi connectivity index (χ3n) is 3.96. The monoisotopic (exact) mass is 492 g/mol. The molecule has 1 fully saturated rings. The largest absolute Gasteiger partial charge is 0.472 e. The minimum absolute atomic E-state index is 0.361. The van der Waals surface area contributed by atoms with Gasteiger partial charge in [-0.1, -0.05) is 0 Å². The first-order valence-corrected chi connectivity index (χ1v) is 10.9. The van der Waals surface area contributed by atoms with Gasteiger partial charge in [0.15, 0.2) is 12.4 Å². The van der Waals surface area contributed by atoms with Gasteiger partial charge >= 0.3 is 19.8 Å². The van der Waals surface area contributed by atoms with Crippen LogP contribution in [0.25, 0.3) is 0 Å². The number of aliphatic hydroxyl groups excluding tert-OH is 5. The van der Waals surface area contributed by atoms with E-state index in [4.69, 9.17) is 29.2 Å². The van der Waals surface area contributed by atoms with Crippen LogP contribution in [0.5, 0.6) is 0 Å². The molecule has 1 rings (SSSR count). The van der Waals surface area contributed by atoms with Gasteiger partial charge in [0.1, 0.15) is 37.1 Å². The van der Waals surface area contributed by atoms with Crippen LogP contribution in [-0.2, 0) is 42.1 Å². The van der Waals surface area contributed by atoms with Gasteiger partial charge in [-0.15, -0.1) is 0 Å². The molecule has 0 amide bonds. The minimum atomic E-state index is -4.73. The molecule has 0 aromatic rings. The molecule has 15 nitrogen and oxygen atoms in total. The Morgan fingerprint density at radius 1 is 1.00 bits per heavy atom. The van der Waals surface area contributed by atoms with Gasteiger partial charge in [0.2, 0.25) is 0 Å². The molecule has 6 N–H and O–H groups in total. The number of rotatable bonds is 13. The van der Waals surface area contributed by atoms with Gasteiger partial charge in [-0.2, -0.15) is 0 Å². The van der Waals surface area contributed by atoms with E-state index in [0.717, 1.165) is 13.8 Å². The second-order valence-corrected chi connectivity index (χ2v) is 8.23. The second kappa shape index (κ2) is 13.5. The molecule has 8 atom stereocenters. The average molecular weight is 492 g/mol. The zero-order valence-corrected chi connectivity index (χ0v) is 18.3. The standard InChI is InChI=1S/C16H29O15P/c1-8(18)26-5-11(30-9(2)19)6-27-16-15(23)14(22)13(21)12(31-16)7-29-32(24,25)28-4-10(20)3-17/h10-17,20-23H,3-7H2,1-2H3,(H,24,25). The Morgan fingerprint density at radius 2 is 1.66 bits per heavy atom. The first kappa shape index (κ1) is 28.8. The van der Waals surface area contributed by atoms with E-state index in [1.54, 1.807) is 0 Å². The first-order valence-electron chi connectivity index (χ1n) is 9.39. The predicted molar refractivity (Wildman–Crippen MR) is 99.6 cm³/mol. The maximum Gasteiger partial charge on any atom is 0.472 e. The highest BCUT2D eigenvalue weighted by molar-refractivity contribution is 7.47.